The van der Waals surface area contributed by atoms with Crippen LogP contribution in [0.5, 0.6) is 0 Å². The number of carbonyl (C=O) groups is 2. The summed E-state index contributed by atoms with van der Waals surface area (Å²) in [5, 5.41) is 2.72. The van der Waals surface area contributed by atoms with Crippen LogP contribution in [0, 0.1) is 0 Å². The van der Waals surface area contributed by atoms with Gasteiger partial charge in [-0.15, -0.1) is 0 Å². The van der Waals surface area contributed by atoms with Gasteiger partial charge in [0.25, 0.3) is 0 Å². The number of likely N-dealkylation sites (tertiary alicyclic amines) is 1. The predicted molar refractivity (Wildman–Crippen MR) is 99.1 cm³/mol. The highest BCUT2D eigenvalue weighted by molar-refractivity contribution is 5.77. The zero-order valence-electron chi connectivity index (χ0n) is 15.6. The van der Waals surface area contributed by atoms with Crippen LogP contribution in [-0.2, 0) is 20.8 Å². The van der Waals surface area contributed by atoms with Crippen LogP contribution in [0.15, 0.2) is 30.3 Å². The summed E-state index contributed by atoms with van der Waals surface area (Å²) in [5.41, 5.74) is 0.868. The van der Waals surface area contributed by atoms with E-state index < -0.39 is 5.60 Å². The Morgan fingerprint density at radius 1 is 1.19 bits per heavy atom. The van der Waals surface area contributed by atoms with Crippen LogP contribution < -0.4 is 5.32 Å². The van der Waals surface area contributed by atoms with Gasteiger partial charge in [0.05, 0.1) is 25.7 Å². The summed E-state index contributed by atoms with van der Waals surface area (Å²) >= 11 is 0. The molecule has 1 spiro atoms. The van der Waals surface area contributed by atoms with Gasteiger partial charge in [0.15, 0.2) is 0 Å². The molecule has 0 unspecified atom stereocenters. The quantitative estimate of drug-likeness (QED) is 0.863. The number of hydrogen-bond acceptors (Lipinski definition) is 5. The van der Waals surface area contributed by atoms with Crippen molar-refractivity contribution in [2.24, 2.45) is 0 Å². The number of nitrogens with one attached hydrogen (secondary N) is 1. The Morgan fingerprint density at radius 2 is 1.96 bits per heavy atom. The van der Waals surface area contributed by atoms with Crippen molar-refractivity contribution in [3.63, 3.8) is 0 Å². The first-order valence-electron chi connectivity index (χ1n) is 9.74. The van der Waals surface area contributed by atoms with Gasteiger partial charge in [0, 0.05) is 45.6 Å². The van der Waals surface area contributed by atoms with Gasteiger partial charge in [0.2, 0.25) is 5.91 Å². The van der Waals surface area contributed by atoms with Crippen LogP contribution in [-0.4, -0.2) is 72.8 Å². The molecule has 146 valence electrons. The van der Waals surface area contributed by atoms with Crippen LogP contribution in [0.2, 0.25) is 0 Å². The van der Waals surface area contributed by atoms with E-state index in [1.165, 1.54) is 5.56 Å². The molecule has 1 atom stereocenters. The molecule has 0 aliphatic carbocycles. The molecule has 3 aliphatic heterocycles. The average molecular weight is 373 g/mol. The molecule has 0 bridgehead atoms. The van der Waals surface area contributed by atoms with Crippen LogP contribution in [0.3, 0.4) is 0 Å². The second-order valence-corrected chi connectivity index (χ2v) is 7.72. The number of amides is 2. The molecule has 7 nitrogen and oxygen atoms in total. The van der Waals surface area contributed by atoms with Crippen molar-refractivity contribution in [2.45, 2.75) is 37.5 Å². The van der Waals surface area contributed by atoms with E-state index in [9.17, 15) is 9.59 Å². The van der Waals surface area contributed by atoms with E-state index in [0.717, 1.165) is 19.6 Å². The van der Waals surface area contributed by atoms with Crippen LogP contribution in [0.1, 0.15) is 24.8 Å². The highest BCUT2D eigenvalue weighted by Crippen LogP contribution is 2.29. The van der Waals surface area contributed by atoms with Gasteiger partial charge in [-0.2, -0.15) is 0 Å². The fraction of sp³-hybridized carbons (Fsp3) is 0.600. The maximum Gasteiger partial charge on any atom is 0.407 e. The Hall–Kier alpha value is -2.12. The van der Waals surface area contributed by atoms with Crippen molar-refractivity contribution in [3.8, 4) is 0 Å². The third-order valence-corrected chi connectivity index (χ3v) is 5.77. The second kappa shape index (κ2) is 7.86. The van der Waals surface area contributed by atoms with Crippen LogP contribution in [0.4, 0.5) is 4.79 Å². The highest BCUT2D eigenvalue weighted by atomic mass is 16.6. The third-order valence-electron chi connectivity index (χ3n) is 5.77. The molecule has 0 radical (unpaired) electrons. The first kappa shape index (κ1) is 18.3. The third kappa shape index (κ3) is 4.42. The molecule has 1 aromatic rings. The van der Waals surface area contributed by atoms with Crippen LogP contribution in [0.25, 0.3) is 0 Å². The van der Waals surface area contributed by atoms with E-state index in [1.807, 2.05) is 11.0 Å². The summed E-state index contributed by atoms with van der Waals surface area (Å²) in [7, 11) is 0. The Morgan fingerprint density at radius 3 is 2.67 bits per heavy atom. The molecule has 4 rings (SSSR count). The van der Waals surface area contributed by atoms with Crippen molar-refractivity contribution < 1.29 is 19.1 Å². The minimum Gasteiger partial charge on any atom is -0.441 e. The molecule has 0 aromatic heterocycles. The van der Waals surface area contributed by atoms with Crippen molar-refractivity contribution in [1.82, 2.24) is 15.1 Å². The number of carbonyl (C=O) groups excluding carboxylic acids is 2. The molecule has 2 amide bonds. The topological polar surface area (TPSA) is 71.1 Å². The van der Waals surface area contributed by atoms with E-state index >= 15 is 0 Å². The zero-order chi connectivity index (χ0) is 18.7. The van der Waals surface area contributed by atoms with Crippen molar-refractivity contribution >= 4 is 12.0 Å². The molecular formula is C20H27N3O4. The summed E-state index contributed by atoms with van der Waals surface area (Å²) in [6.45, 7) is 5.04. The van der Waals surface area contributed by atoms with Gasteiger partial charge in [-0.25, -0.2) is 4.79 Å². The van der Waals surface area contributed by atoms with Gasteiger partial charge in [-0.05, 0) is 5.56 Å². The number of nitrogens with zero attached hydrogens (tertiary/aromatic N) is 2. The molecule has 0 saturated carbocycles. The summed E-state index contributed by atoms with van der Waals surface area (Å²) in [6, 6.07) is 10.4. The van der Waals surface area contributed by atoms with E-state index in [-0.39, 0.29) is 18.1 Å². The average Bonchev–Trinajstić information content (AvgIpc) is 3.03. The van der Waals surface area contributed by atoms with E-state index in [4.69, 9.17) is 9.47 Å². The number of alkyl carbamates (subject to hydrolysis) is 1. The summed E-state index contributed by atoms with van der Waals surface area (Å²) < 4.78 is 11.3. The van der Waals surface area contributed by atoms with Gasteiger partial charge < -0.3 is 19.7 Å². The molecule has 3 saturated heterocycles. The lowest BCUT2D eigenvalue weighted by molar-refractivity contribution is -0.139. The van der Waals surface area contributed by atoms with Crippen molar-refractivity contribution in [3.05, 3.63) is 35.9 Å². The number of rotatable bonds is 4. The van der Waals surface area contributed by atoms with Crippen LogP contribution >= 0.6 is 0 Å². The Balaban J connectivity index is 1.25. The molecule has 27 heavy (non-hydrogen) atoms. The number of morpholine rings is 1. The van der Waals surface area contributed by atoms with Gasteiger partial charge in [-0.1, -0.05) is 30.3 Å². The minimum atomic E-state index is -0.415. The summed E-state index contributed by atoms with van der Waals surface area (Å²) in [6.07, 6.45) is 1.41. The molecule has 7 heteroatoms. The first-order chi connectivity index (χ1) is 13.1. The molecular weight excluding hydrogens is 346 g/mol. The summed E-state index contributed by atoms with van der Waals surface area (Å²) in [4.78, 5) is 28.3. The van der Waals surface area contributed by atoms with Crippen molar-refractivity contribution in [2.75, 3.05) is 39.3 Å². The fourth-order valence-electron chi connectivity index (χ4n) is 4.16. The van der Waals surface area contributed by atoms with Gasteiger partial charge in [-0.3, -0.25) is 9.69 Å². The molecule has 3 fully saturated rings. The zero-order valence-corrected chi connectivity index (χ0v) is 15.6. The molecule has 3 heterocycles. The monoisotopic (exact) mass is 373 g/mol. The summed E-state index contributed by atoms with van der Waals surface area (Å²) in [5.74, 6) is 0.133. The first-order valence-corrected chi connectivity index (χ1v) is 9.74. The highest BCUT2D eigenvalue weighted by Gasteiger charge is 2.43. The minimum absolute atomic E-state index is 0.0585. The Kier molecular flexibility index (Phi) is 5.31. The lowest BCUT2D eigenvalue weighted by Crippen LogP contribution is -2.50. The molecule has 1 aromatic carbocycles. The normalized spacial score (nSPS) is 25.3. The maximum absolute atomic E-state index is 12.7. The number of hydrogen-bond donors (Lipinski definition) is 1. The van der Waals surface area contributed by atoms with E-state index in [2.05, 4.69) is 34.5 Å². The van der Waals surface area contributed by atoms with Crippen molar-refractivity contribution in [1.29, 1.82) is 0 Å². The fourth-order valence-corrected chi connectivity index (χ4v) is 4.16. The van der Waals surface area contributed by atoms with Gasteiger partial charge >= 0.3 is 6.09 Å². The SMILES string of the molecule is O=C1NCC2(CCN(C(=O)C[C@H]3CN(Cc4ccccc4)CCO3)CC2)O1. The largest absolute Gasteiger partial charge is 0.441 e. The van der Waals surface area contributed by atoms with Gasteiger partial charge in [0.1, 0.15) is 5.60 Å². The predicted octanol–water partition coefficient (Wildman–Crippen LogP) is 1.38. The van der Waals surface area contributed by atoms with E-state index in [1.54, 1.807) is 0 Å². The maximum atomic E-state index is 12.7. The molecule has 1 N–H and O–H groups in total. The Labute approximate surface area is 159 Å². The van der Waals surface area contributed by atoms with E-state index in [0.29, 0.717) is 45.5 Å². The smallest absolute Gasteiger partial charge is 0.407 e. The number of piperidine rings is 1. The standard InChI is InChI=1S/C20H27N3O4/c24-18(23-8-6-20(7-9-23)15-21-19(25)27-20)12-17-14-22(10-11-26-17)13-16-4-2-1-3-5-16/h1-5,17H,6-15H2,(H,21,25)/t17-/m0/s1. The second-order valence-electron chi connectivity index (χ2n) is 7.72. The lowest BCUT2D eigenvalue weighted by Gasteiger charge is -2.38. The lowest BCUT2D eigenvalue weighted by atomic mass is 9.91. The Bertz CT molecular complexity index is 673. The molecule has 3 aliphatic rings. The number of benzene rings is 1. The number of ether oxygens (including phenoxy) is 2.